The topological polar surface area (TPSA) is 38.0 Å². The van der Waals surface area contributed by atoms with Crippen LogP contribution in [0.25, 0.3) is 0 Å². The van der Waals surface area contributed by atoms with Crippen molar-refractivity contribution >= 4 is 33.2 Å². The molecule has 0 saturated heterocycles. The van der Waals surface area contributed by atoms with Crippen LogP contribution in [-0.4, -0.2) is 10.7 Å². The molecule has 130 valence electrons. The predicted octanol–water partition coefficient (Wildman–Crippen LogP) is 5.94. The van der Waals surface area contributed by atoms with E-state index in [1.807, 2.05) is 53.5 Å². The normalized spacial score (nSPS) is 21.0. The molecule has 1 aromatic heterocycles. The number of halogens is 2. The first kappa shape index (κ1) is 16.0. The molecular formula is C20H14BrClN2O2. The second kappa shape index (κ2) is 6.18. The number of rotatable bonds is 2. The lowest BCUT2D eigenvalue weighted by molar-refractivity contribution is -0.0190. The average Bonchev–Trinajstić information content (AvgIpc) is 3.31. The van der Waals surface area contributed by atoms with E-state index in [0.29, 0.717) is 5.02 Å². The number of nitrogens with zero attached hydrogens (tertiary/aromatic N) is 2. The highest BCUT2D eigenvalue weighted by molar-refractivity contribution is 9.10. The second-order valence-electron chi connectivity index (χ2n) is 6.33. The highest BCUT2D eigenvalue weighted by Gasteiger charge is 2.41. The van der Waals surface area contributed by atoms with E-state index in [4.69, 9.17) is 25.9 Å². The molecule has 0 fully saturated rings. The maximum absolute atomic E-state index is 6.32. The van der Waals surface area contributed by atoms with Gasteiger partial charge in [-0.05, 0) is 42.5 Å². The number of hydrazone groups is 1. The molecule has 0 spiro atoms. The summed E-state index contributed by atoms with van der Waals surface area (Å²) in [6, 6.07) is 17.7. The molecule has 0 amide bonds. The minimum Gasteiger partial charge on any atom is -0.464 e. The van der Waals surface area contributed by atoms with Crippen molar-refractivity contribution in [2.45, 2.75) is 18.7 Å². The number of benzene rings is 2. The molecule has 2 aromatic carbocycles. The Morgan fingerprint density at radius 1 is 1.12 bits per heavy atom. The van der Waals surface area contributed by atoms with Crippen LogP contribution in [0.2, 0.25) is 5.02 Å². The number of hydrogen-bond acceptors (Lipinski definition) is 4. The third-order valence-corrected chi connectivity index (χ3v) is 5.42. The lowest BCUT2D eigenvalue weighted by Crippen LogP contribution is -2.33. The van der Waals surface area contributed by atoms with Gasteiger partial charge >= 0.3 is 0 Å². The zero-order valence-electron chi connectivity index (χ0n) is 13.6. The maximum Gasteiger partial charge on any atom is 0.213 e. The van der Waals surface area contributed by atoms with Gasteiger partial charge in [0.15, 0.2) is 0 Å². The standard InChI is InChI=1S/C20H14BrClN2O2/c21-13-6-7-18-15(10-13)17-11-16(19-5-2-8-25-19)23-24(17)20(26-18)12-3-1-4-14(22)9-12/h1-10,17,20H,11H2/t17-,20-/m0/s1. The summed E-state index contributed by atoms with van der Waals surface area (Å²) in [6.45, 7) is 0. The molecule has 4 nitrogen and oxygen atoms in total. The van der Waals surface area contributed by atoms with Crippen LogP contribution in [0.15, 0.2) is 74.9 Å². The Morgan fingerprint density at radius 2 is 2.04 bits per heavy atom. The SMILES string of the molecule is Clc1cccc([C@@H]2Oc3ccc(Br)cc3[C@@H]3CC(c4ccco4)=NN32)c1. The van der Waals surface area contributed by atoms with Crippen LogP contribution in [0.3, 0.4) is 0 Å². The molecule has 6 heteroatoms. The lowest BCUT2D eigenvalue weighted by Gasteiger charge is -2.38. The van der Waals surface area contributed by atoms with Crippen molar-refractivity contribution in [3.63, 3.8) is 0 Å². The van der Waals surface area contributed by atoms with E-state index >= 15 is 0 Å². The number of hydrogen-bond donors (Lipinski definition) is 0. The first-order chi connectivity index (χ1) is 12.7. The molecule has 3 heterocycles. The largest absolute Gasteiger partial charge is 0.464 e. The summed E-state index contributed by atoms with van der Waals surface area (Å²) in [5.41, 5.74) is 3.01. The molecule has 2 aliphatic heterocycles. The van der Waals surface area contributed by atoms with Gasteiger partial charge in [-0.25, -0.2) is 5.01 Å². The third kappa shape index (κ3) is 2.63. The summed E-state index contributed by atoms with van der Waals surface area (Å²) in [5, 5.41) is 7.53. The average molecular weight is 430 g/mol. The highest BCUT2D eigenvalue weighted by Crippen LogP contribution is 2.48. The molecule has 2 aliphatic rings. The van der Waals surface area contributed by atoms with E-state index in [1.54, 1.807) is 6.26 Å². The zero-order valence-corrected chi connectivity index (χ0v) is 15.9. The second-order valence-corrected chi connectivity index (χ2v) is 7.68. The van der Waals surface area contributed by atoms with Gasteiger partial charge in [0.05, 0.1) is 12.3 Å². The molecule has 26 heavy (non-hydrogen) atoms. The van der Waals surface area contributed by atoms with Crippen molar-refractivity contribution in [2.24, 2.45) is 5.10 Å². The molecule has 0 N–H and O–H groups in total. The first-order valence-electron chi connectivity index (χ1n) is 8.30. The van der Waals surface area contributed by atoms with Gasteiger partial charge in [0, 0.05) is 27.0 Å². The molecule has 0 saturated carbocycles. The Bertz CT molecular complexity index is 1000. The molecule has 3 aromatic rings. The Labute approximate surface area is 164 Å². The smallest absolute Gasteiger partial charge is 0.213 e. The molecule has 5 rings (SSSR count). The van der Waals surface area contributed by atoms with Crippen molar-refractivity contribution in [1.82, 2.24) is 5.01 Å². The van der Waals surface area contributed by atoms with Crippen LogP contribution in [0.4, 0.5) is 0 Å². The number of ether oxygens (including phenoxy) is 1. The highest BCUT2D eigenvalue weighted by atomic mass is 79.9. The van der Waals surface area contributed by atoms with Crippen LogP contribution >= 0.6 is 27.5 Å². The fourth-order valence-corrected chi connectivity index (χ4v) is 4.11. The van der Waals surface area contributed by atoms with Crippen molar-refractivity contribution in [3.05, 3.63) is 87.2 Å². The minimum atomic E-state index is -0.333. The van der Waals surface area contributed by atoms with Gasteiger partial charge in [0.25, 0.3) is 0 Å². The number of furan rings is 1. The Morgan fingerprint density at radius 3 is 2.85 bits per heavy atom. The van der Waals surface area contributed by atoms with Crippen LogP contribution in [0.5, 0.6) is 5.75 Å². The number of fused-ring (bicyclic) bond motifs is 3. The van der Waals surface area contributed by atoms with Crippen molar-refractivity contribution in [1.29, 1.82) is 0 Å². The fraction of sp³-hybridized carbons (Fsp3) is 0.150. The third-order valence-electron chi connectivity index (χ3n) is 4.69. The summed E-state index contributed by atoms with van der Waals surface area (Å²) in [5.74, 6) is 1.66. The van der Waals surface area contributed by atoms with Crippen molar-refractivity contribution in [2.75, 3.05) is 0 Å². The van der Waals surface area contributed by atoms with Gasteiger partial charge in [-0.1, -0.05) is 39.7 Å². The van der Waals surface area contributed by atoms with Crippen LogP contribution in [0.1, 0.15) is 35.6 Å². The van der Waals surface area contributed by atoms with E-state index in [0.717, 1.165) is 39.2 Å². The van der Waals surface area contributed by atoms with Gasteiger partial charge < -0.3 is 9.15 Å². The molecule has 0 unspecified atom stereocenters. The summed E-state index contributed by atoms with van der Waals surface area (Å²) in [4.78, 5) is 0. The Hall–Kier alpha value is -2.24. The van der Waals surface area contributed by atoms with E-state index in [9.17, 15) is 0 Å². The Kier molecular flexibility index (Phi) is 3.80. The lowest BCUT2D eigenvalue weighted by atomic mass is 9.97. The van der Waals surface area contributed by atoms with E-state index in [-0.39, 0.29) is 12.3 Å². The maximum atomic E-state index is 6.32. The summed E-state index contributed by atoms with van der Waals surface area (Å²) < 4.78 is 12.9. The van der Waals surface area contributed by atoms with Crippen LogP contribution < -0.4 is 4.74 Å². The van der Waals surface area contributed by atoms with Crippen LogP contribution in [0, 0.1) is 0 Å². The summed E-state index contributed by atoms with van der Waals surface area (Å²) in [7, 11) is 0. The molecule has 0 aliphatic carbocycles. The molecular weight excluding hydrogens is 416 g/mol. The van der Waals surface area contributed by atoms with Gasteiger partial charge in [0.1, 0.15) is 17.2 Å². The summed E-state index contributed by atoms with van der Waals surface area (Å²) >= 11 is 9.77. The monoisotopic (exact) mass is 428 g/mol. The van der Waals surface area contributed by atoms with E-state index in [1.165, 1.54) is 0 Å². The van der Waals surface area contributed by atoms with Gasteiger partial charge in [0.2, 0.25) is 6.23 Å². The van der Waals surface area contributed by atoms with Gasteiger partial charge in [-0.3, -0.25) is 0 Å². The summed E-state index contributed by atoms with van der Waals surface area (Å²) in [6.07, 6.45) is 2.10. The van der Waals surface area contributed by atoms with Crippen molar-refractivity contribution < 1.29 is 9.15 Å². The minimum absolute atomic E-state index is 0.0836. The molecule has 0 radical (unpaired) electrons. The van der Waals surface area contributed by atoms with Gasteiger partial charge in [-0.15, -0.1) is 0 Å². The Balaban J connectivity index is 1.63. The fourth-order valence-electron chi connectivity index (χ4n) is 3.53. The zero-order chi connectivity index (χ0) is 17.7. The van der Waals surface area contributed by atoms with E-state index in [2.05, 4.69) is 22.0 Å². The quantitative estimate of drug-likeness (QED) is 0.506. The van der Waals surface area contributed by atoms with Crippen LogP contribution in [-0.2, 0) is 0 Å². The predicted molar refractivity (Wildman–Crippen MR) is 103 cm³/mol. The van der Waals surface area contributed by atoms with Gasteiger partial charge in [-0.2, -0.15) is 5.10 Å². The van der Waals surface area contributed by atoms with Crippen molar-refractivity contribution in [3.8, 4) is 5.75 Å². The first-order valence-corrected chi connectivity index (χ1v) is 9.47. The molecule has 0 bridgehead atoms. The molecule has 2 atom stereocenters. The van der Waals surface area contributed by atoms with E-state index < -0.39 is 0 Å².